The minimum atomic E-state index is -0.396. The number of hydrogen-bond donors (Lipinski definition) is 1. The highest BCUT2D eigenvalue weighted by molar-refractivity contribution is 8.14. The van der Waals surface area contributed by atoms with Crippen LogP contribution in [0, 0.1) is 0 Å². The maximum absolute atomic E-state index is 11.8. The minimum absolute atomic E-state index is 0.0743. The summed E-state index contributed by atoms with van der Waals surface area (Å²) in [6, 6.07) is 0. The van der Waals surface area contributed by atoms with Crippen LogP contribution < -0.4 is 9.62 Å². The van der Waals surface area contributed by atoms with E-state index in [4.69, 9.17) is 16.3 Å². The first-order valence-corrected chi connectivity index (χ1v) is 7.96. The zero-order valence-electron chi connectivity index (χ0n) is 12.6. The van der Waals surface area contributed by atoms with Crippen molar-refractivity contribution in [2.45, 2.75) is 40.2 Å². The lowest BCUT2D eigenvalue weighted by Crippen LogP contribution is -2.22. The molecule has 1 heterocycles. The van der Waals surface area contributed by atoms with Crippen LogP contribution in [0.5, 0.6) is 0 Å². The van der Waals surface area contributed by atoms with Gasteiger partial charge in [-0.1, -0.05) is 6.92 Å². The Morgan fingerprint density at radius 1 is 1.38 bits per heavy atom. The molecule has 0 bridgehead atoms. The van der Waals surface area contributed by atoms with Crippen LogP contribution in [0.1, 0.15) is 34.1 Å². The number of ether oxygens (including phenoxy) is 1. The molecule has 118 valence electrons. The lowest BCUT2D eigenvalue weighted by atomic mass is 10.3. The normalized spacial score (nSPS) is 11.9. The number of hydrogen-bond acceptors (Lipinski definition) is 8. The Morgan fingerprint density at radius 2 is 2.10 bits per heavy atom. The van der Waals surface area contributed by atoms with Gasteiger partial charge in [-0.2, -0.15) is 15.0 Å². The number of aromatic nitrogens is 3. The van der Waals surface area contributed by atoms with E-state index in [2.05, 4.69) is 20.3 Å². The molecule has 1 unspecified atom stereocenters. The molecular weight excluding hydrogens is 314 g/mol. The van der Waals surface area contributed by atoms with Gasteiger partial charge in [-0.05, 0) is 38.8 Å². The zero-order valence-corrected chi connectivity index (χ0v) is 14.2. The largest absolute Gasteiger partial charge is 0.453 e. The third-order valence-electron chi connectivity index (χ3n) is 2.50. The van der Waals surface area contributed by atoms with Crippen molar-refractivity contribution in [3.63, 3.8) is 0 Å². The summed E-state index contributed by atoms with van der Waals surface area (Å²) < 4.78 is 6.83. The Hall–Kier alpha value is -1.28. The molecule has 21 heavy (non-hydrogen) atoms. The van der Waals surface area contributed by atoms with E-state index in [-0.39, 0.29) is 11.4 Å². The fourth-order valence-corrected chi connectivity index (χ4v) is 2.13. The fourth-order valence-electron chi connectivity index (χ4n) is 1.29. The van der Waals surface area contributed by atoms with Crippen LogP contribution in [-0.2, 0) is 4.74 Å². The summed E-state index contributed by atoms with van der Waals surface area (Å²) in [5.41, 5.74) is 0. The highest BCUT2D eigenvalue weighted by Gasteiger charge is 2.18. The Bertz CT molecular complexity index is 477. The number of carbonyl (C=O) groups is 1. The number of rotatable bonds is 7. The third kappa shape index (κ3) is 5.92. The highest BCUT2D eigenvalue weighted by Crippen LogP contribution is 2.22. The van der Waals surface area contributed by atoms with E-state index in [1.54, 1.807) is 4.31 Å². The molecule has 0 aromatic carbocycles. The van der Waals surface area contributed by atoms with E-state index in [1.165, 1.54) is 0 Å². The molecule has 1 N–H and O–H groups in total. The van der Waals surface area contributed by atoms with Gasteiger partial charge in [0.1, 0.15) is 0 Å². The van der Waals surface area contributed by atoms with Crippen molar-refractivity contribution in [2.24, 2.45) is 0 Å². The molecule has 1 atom stereocenters. The number of anilines is 2. The quantitative estimate of drug-likeness (QED) is 0.601. The van der Waals surface area contributed by atoms with E-state index < -0.39 is 5.30 Å². The molecule has 0 saturated heterocycles. The molecule has 0 fully saturated rings. The van der Waals surface area contributed by atoms with Crippen molar-refractivity contribution in [3.05, 3.63) is 5.28 Å². The van der Waals surface area contributed by atoms with Crippen LogP contribution in [0.3, 0.4) is 0 Å². The first-order valence-electron chi connectivity index (χ1n) is 6.81. The van der Waals surface area contributed by atoms with Crippen molar-refractivity contribution in [1.29, 1.82) is 0 Å². The fraction of sp³-hybridized carbons (Fsp3) is 0.667. The smallest absolute Gasteiger partial charge is 0.388 e. The number of carbonyl (C=O) groups excluding carboxylic acids is 1. The molecule has 0 aliphatic rings. The van der Waals surface area contributed by atoms with Gasteiger partial charge in [0.25, 0.3) is 0 Å². The molecule has 0 aliphatic carbocycles. The van der Waals surface area contributed by atoms with Crippen molar-refractivity contribution in [3.8, 4) is 0 Å². The van der Waals surface area contributed by atoms with Gasteiger partial charge in [0.05, 0.1) is 18.1 Å². The van der Waals surface area contributed by atoms with Gasteiger partial charge >= 0.3 is 5.30 Å². The summed E-state index contributed by atoms with van der Waals surface area (Å²) in [5.74, 6) is 0.696. The average molecular weight is 334 g/mol. The Labute approximate surface area is 134 Å². The van der Waals surface area contributed by atoms with Gasteiger partial charge in [0.2, 0.25) is 17.2 Å². The van der Waals surface area contributed by atoms with Crippen LogP contribution in [-0.4, -0.2) is 39.4 Å². The Morgan fingerprint density at radius 3 is 2.67 bits per heavy atom. The summed E-state index contributed by atoms with van der Waals surface area (Å²) >= 11 is 6.79. The van der Waals surface area contributed by atoms with Crippen LogP contribution >= 0.6 is 23.5 Å². The Kier molecular flexibility index (Phi) is 7.52. The molecule has 0 spiro atoms. The summed E-state index contributed by atoms with van der Waals surface area (Å²) in [4.78, 5) is 24.1. The van der Waals surface area contributed by atoms with E-state index in [9.17, 15) is 4.79 Å². The van der Waals surface area contributed by atoms with E-state index >= 15 is 0 Å². The second-order valence-corrected chi connectivity index (χ2v) is 5.43. The van der Waals surface area contributed by atoms with Crippen molar-refractivity contribution in [2.75, 3.05) is 22.7 Å². The second-order valence-electron chi connectivity index (χ2n) is 4.13. The molecule has 0 aliphatic heterocycles. The van der Waals surface area contributed by atoms with Gasteiger partial charge in [-0.15, -0.1) is 0 Å². The van der Waals surface area contributed by atoms with Gasteiger partial charge in [0.15, 0.2) is 0 Å². The average Bonchev–Trinajstić information content (AvgIpc) is 2.44. The monoisotopic (exact) mass is 333 g/mol. The molecule has 9 heteroatoms. The maximum atomic E-state index is 11.8. The third-order valence-corrected chi connectivity index (χ3v) is 3.55. The van der Waals surface area contributed by atoms with Crippen LogP contribution in [0.2, 0.25) is 5.28 Å². The molecule has 0 amide bonds. The first-order chi connectivity index (χ1) is 9.99. The first kappa shape index (κ1) is 17.8. The molecular formula is C12H20ClN5O2S. The second kappa shape index (κ2) is 8.89. The maximum Gasteiger partial charge on any atom is 0.388 e. The Balaban J connectivity index is 2.82. The molecule has 1 aromatic heterocycles. The standard InChI is InChI=1S/C12H20ClN5O2S/c1-5-8(4)20-12(19)21-18(7-3)11-16-9(13)15-10(17-11)14-6-2/h8H,5-7H2,1-4H3,(H,14,15,16,17). The predicted molar refractivity (Wildman–Crippen MR) is 85.8 cm³/mol. The summed E-state index contributed by atoms with van der Waals surface area (Å²) in [7, 11) is 0. The molecule has 1 rings (SSSR count). The summed E-state index contributed by atoms with van der Waals surface area (Å²) in [6.07, 6.45) is 0.642. The SMILES string of the molecule is CCNc1nc(Cl)nc(N(CC)SC(=O)OC(C)CC)n1. The van der Waals surface area contributed by atoms with Gasteiger partial charge in [-0.3, -0.25) is 4.31 Å². The minimum Gasteiger partial charge on any atom is -0.453 e. The molecule has 0 radical (unpaired) electrons. The van der Waals surface area contributed by atoms with E-state index in [0.29, 0.717) is 25.0 Å². The molecule has 7 nitrogen and oxygen atoms in total. The molecule has 1 aromatic rings. The van der Waals surface area contributed by atoms with Crippen molar-refractivity contribution >= 4 is 40.7 Å². The lowest BCUT2D eigenvalue weighted by Gasteiger charge is -2.19. The van der Waals surface area contributed by atoms with E-state index in [1.807, 2.05) is 27.7 Å². The number of nitrogens with zero attached hydrogens (tertiary/aromatic N) is 4. The predicted octanol–water partition coefficient (Wildman–Crippen LogP) is 3.37. The summed E-state index contributed by atoms with van der Waals surface area (Å²) in [5, 5.41) is 2.64. The van der Waals surface area contributed by atoms with Crippen LogP contribution in [0.4, 0.5) is 16.7 Å². The van der Waals surface area contributed by atoms with Gasteiger partial charge in [-0.25, -0.2) is 4.79 Å². The number of halogens is 1. The summed E-state index contributed by atoms with van der Waals surface area (Å²) in [6.45, 7) is 8.79. The van der Waals surface area contributed by atoms with E-state index in [0.717, 1.165) is 18.4 Å². The zero-order chi connectivity index (χ0) is 15.8. The lowest BCUT2D eigenvalue weighted by molar-refractivity contribution is 0.131. The van der Waals surface area contributed by atoms with Gasteiger partial charge in [0, 0.05) is 13.1 Å². The van der Waals surface area contributed by atoms with Crippen LogP contribution in [0.15, 0.2) is 0 Å². The highest BCUT2D eigenvalue weighted by atomic mass is 35.5. The molecule has 0 saturated carbocycles. The number of nitrogens with one attached hydrogen (secondary N) is 1. The topological polar surface area (TPSA) is 80.2 Å². The van der Waals surface area contributed by atoms with Gasteiger partial charge < -0.3 is 10.1 Å². The van der Waals surface area contributed by atoms with Crippen molar-refractivity contribution in [1.82, 2.24) is 15.0 Å². The van der Waals surface area contributed by atoms with Crippen LogP contribution in [0.25, 0.3) is 0 Å². The van der Waals surface area contributed by atoms with Crippen molar-refractivity contribution < 1.29 is 9.53 Å².